The van der Waals surface area contributed by atoms with Crippen molar-refractivity contribution in [2.75, 3.05) is 24.6 Å². The van der Waals surface area contributed by atoms with Crippen LogP contribution < -0.4 is 10.2 Å². The highest BCUT2D eigenvalue weighted by Crippen LogP contribution is 2.18. The molecule has 0 aromatic carbocycles. The first-order valence-electron chi connectivity index (χ1n) is 7.22. The van der Waals surface area contributed by atoms with Gasteiger partial charge in [-0.25, -0.2) is 4.98 Å². The topological polar surface area (TPSA) is 48.4 Å². The maximum absolute atomic E-state index is 9.37. The van der Waals surface area contributed by atoms with Crippen LogP contribution in [0.15, 0.2) is 18.3 Å². The van der Waals surface area contributed by atoms with E-state index in [9.17, 15) is 5.11 Å². The Morgan fingerprint density at radius 1 is 1.37 bits per heavy atom. The Balaban J connectivity index is 1.91. The van der Waals surface area contributed by atoms with E-state index in [0.717, 1.165) is 37.4 Å². The molecule has 1 aliphatic rings. The maximum Gasteiger partial charge on any atom is 0.128 e. The Bertz CT molecular complexity index is 381. The van der Waals surface area contributed by atoms with Crippen molar-refractivity contribution in [2.24, 2.45) is 0 Å². The van der Waals surface area contributed by atoms with Crippen LogP contribution in [0.4, 0.5) is 5.82 Å². The molecule has 1 saturated heterocycles. The maximum atomic E-state index is 9.37. The van der Waals surface area contributed by atoms with Crippen LogP contribution in [-0.2, 0) is 6.54 Å². The lowest BCUT2D eigenvalue weighted by Gasteiger charge is -2.27. The fourth-order valence-corrected chi connectivity index (χ4v) is 2.26. The molecule has 0 amide bonds. The van der Waals surface area contributed by atoms with Gasteiger partial charge in [-0.3, -0.25) is 0 Å². The van der Waals surface area contributed by atoms with Gasteiger partial charge in [0.1, 0.15) is 5.82 Å². The monoisotopic (exact) mass is 263 g/mol. The lowest BCUT2D eigenvalue weighted by molar-refractivity contribution is 0.169. The van der Waals surface area contributed by atoms with E-state index in [0.29, 0.717) is 0 Å². The standard InChI is InChI=1S/C15H25N3O/c1-3-15(2,12-19)17-11-13-6-7-14(16-10-13)18-8-4-5-9-18/h6-7,10,17,19H,3-5,8-9,11-12H2,1-2H3. The van der Waals surface area contributed by atoms with Crippen LogP contribution in [0.3, 0.4) is 0 Å². The summed E-state index contributed by atoms with van der Waals surface area (Å²) in [5.41, 5.74) is 0.962. The highest BCUT2D eigenvalue weighted by Gasteiger charge is 2.19. The van der Waals surface area contributed by atoms with Crippen molar-refractivity contribution in [2.45, 2.75) is 45.2 Å². The molecule has 19 heavy (non-hydrogen) atoms. The number of nitrogens with one attached hydrogen (secondary N) is 1. The van der Waals surface area contributed by atoms with Gasteiger partial charge < -0.3 is 15.3 Å². The minimum absolute atomic E-state index is 0.156. The molecule has 1 aromatic rings. The summed E-state index contributed by atoms with van der Waals surface area (Å²) in [4.78, 5) is 6.87. The van der Waals surface area contributed by atoms with Crippen molar-refractivity contribution >= 4 is 5.82 Å². The van der Waals surface area contributed by atoms with Gasteiger partial charge in [-0.2, -0.15) is 0 Å². The molecule has 4 nitrogen and oxygen atoms in total. The third-order valence-corrected chi connectivity index (χ3v) is 4.09. The van der Waals surface area contributed by atoms with Crippen molar-refractivity contribution < 1.29 is 5.11 Å². The van der Waals surface area contributed by atoms with Crippen LogP contribution in [0.25, 0.3) is 0 Å². The van der Waals surface area contributed by atoms with E-state index < -0.39 is 0 Å². The van der Waals surface area contributed by atoms with Crippen LogP contribution in [-0.4, -0.2) is 35.3 Å². The average Bonchev–Trinajstić information content (AvgIpc) is 2.99. The van der Waals surface area contributed by atoms with E-state index in [1.807, 2.05) is 13.1 Å². The van der Waals surface area contributed by atoms with Gasteiger partial charge in [-0.05, 0) is 37.8 Å². The first-order chi connectivity index (χ1) is 9.17. The van der Waals surface area contributed by atoms with Crippen molar-refractivity contribution in [3.63, 3.8) is 0 Å². The number of hydrogen-bond acceptors (Lipinski definition) is 4. The van der Waals surface area contributed by atoms with Gasteiger partial charge in [-0.1, -0.05) is 13.0 Å². The zero-order valence-corrected chi connectivity index (χ0v) is 12.0. The van der Waals surface area contributed by atoms with Crippen LogP contribution in [0.2, 0.25) is 0 Å². The Morgan fingerprint density at radius 2 is 2.11 bits per heavy atom. The molecule has 1 unspecified atom stereocenters. The second-order valence-electron chi connectivity index (χ2n) is 5.64. The fraction of sp³-hybridized carbons (Fsp3) is 0.667. The Labute approximate surface area is 115 Å². The second kappa shape index (κ2) is 6.35. The van der Waals surface area contributed by atoms with E-state index in [4.69, 9.17) is 0 Å². The molecule has 2 rings (SSSR count). The smallest absolute Gasteiger partial charge is 0.128 e. The van der Waals surface area contributed by atoms with E-state index in [-0.39, 0.29) is 12.1 Å². The zero-order valence-electron chi connectivity index (χ0n) is 12.0. The zero-order chi connectivity index (χ0) is 13.7. The molecule has 0 radical (unpaired) electrons. The minimum Gasteiger partial charge on any atom is -0.394 e. The van der Waals surface area contributed by atoms with Gasteiger partial charge in [0.25, 0.3) is 0 Å². The Morgan fingerprint density at radius 3 is 2.63 bits per heavy atom. The summed E-state index contributed by atoms with van der Waals surface area (Å²) in [6.45, 7) is 7.28. The quantitative estimate of drug-likeness (QED) is 0.823. The number of hydrogen-bond donors (Lipinski definition) is 2. The minimum atomic E-state index is -0.201. The van der Waals surface area contributed by atoms with Gasteiger partial charge >= 0.3 is 0 Å². The molecule has 0 spiro atoms. The molecule has 2 N–H and O–H groups in total. The molecule has 0 saturated carbocycles. The van der Waals surface area contributed by atoms with Crippen LogP contribution >= 0.6 is 0 Å². The molecular formula is C15H25N3O. The summed E-state index contributed by atoms with van der Waals surface area (Å²) >= 11 is 0. The number of pyridine rings is 1. The number of aliphatic hydroxyl groups excluding tert-OH is 1. The molecule has 1 fully saturated rings. The van der Waals surface area contributed by atoms with Crippen molar-refractivity contribution in [1.29, 1.82) is 0 Å². The first kappa shape index (κ1) is 14.3. The molecule has 4 heteroatoms. The van der Waals surface area contributed by atoms with E-state index in [2.05, 4.69) is 34.3 Å². The van der Waals surface area contributed by atoms with Gasteiger partial charge in [0.15, 0.2) is 0 Å². The second-order valence-corrected chi connectivity index (χ2v) is 5.64. The van der Waals surface area contributed by atoms with Gasteiger partial charge in [0, 0.05) is 31.4 Å². The molecule has 0 aliphatic carbocycles. The van der Waals surface area contributed by atoms with Crippen LogP contribution in [0.5, 0.6) is 0 Å². The third kappa shape index (κ3) is 3.67. The largest absolute Gasteiger partial charge is 0.394 e. The predicted octanol–water partition coefficient (Wildman–Crippen LogP) is 1.93. The highest BCUT2D eigenvalue weighted by molar-refractivity contribution is 5.40. The van der Waals surface area contributed by atoms with Crippen molar-refractivity contribution in [3.05, 3.63) is 23.9 Å². The lowest BCUT2D eigenvalue weighted by atomic mass is 10.00. The lowest BCUT2D eigenvalue weighted by Crippen LogP contribution is -2.44. The summed E-state index contributed by atoms with van der Waals surface area (Å²) in [7, 11) is 0. The summed E-state index contributed by atoms with van der Waals surface area (Å²) < 4.78 is 0. The summed E-state index contributed by atoms with van der Waals surface area (Å²) in [5.74, 6) is 1.08. The Kier molecular flexibility index (Phi) is 4.77. The number of aliphatic hydroxyl groups is 1. The predicted molar refractivity (Wildman–Crippen MR) is 78.3 cm³/mol. The third-order valence-electron chi connectivity index (χ3n) is 4.09. The van der Waals surface area contributed by atoms with E-state index in [1.165, 1.54) is 12.8 Å². The average molecular weight is 263 g/mol. The summed E-state index contributed by atoms with van der Waals surface area (Å²) in [6.07, 6.45) is 5.39. The molecular weight excluding hydrogens is 238 g/mol. The van der Waals surface area contributed by atoms with Gasteiger partial charge in [0.2, 0.25) is 0 Å². The number of nitrogens with zero attached hydrogens (tertiary/aromatic N) is 2. The van der Waals surface area contributed by atoms with E-state index in [1.54, 1.807) is 0 Å². The molecule has 1 aromatic heterocycles. The molecule has 2 heterocycles. The van der Waals surface area contributed by atoms with Gasteiger partial charge in [0.05, 0.1) is 6.61 Å². The summed E-state index contributed by atoms with van der Waals surface area (Å²) in [6, 6.07) is 4.23. The molecule has 1 aliphatic heterocycles. The van der Waals surface area contributed by atoms with Gasteiger partial charge in [-0.15, -0.1) is 0 Å². The van der Waals surface area contributed by atoms with Crippen molar-refractivity contribution in [1.82, 2.24) is 10.3 Å². The normalized spacial score (nSPS) is 18.6. The number of aromatic nitrogens is 1. The summed E-state index contributed by atoms with van der Waals surface area (Å²) in [5, 5.41) is 12.8. The fourth-order valence-electron chi connectivity index (χ4n) is 2.26. The first-order valence-corrected chi connectivity index (χ1v) is 7.22. The van der Waals surface area contributed by atoms with E-state index >= 15 is 0 Å². The SMILES string of the molecule is CCC(C)(CO)NCc1ccc(N2CCCC2)nc1. The van der Waals surface area contributed by atoms with Crippen LogP contribution in [0.1, 0.15) is 38.7 Å². The number of rotatable bonds is 6. The molecule has 106 valence electrons. The number of anilines is 1. The van der Waals surface area contributed by atoms with Crippen LogP contribution in [0, 0.1) is 0 Å². The molecule has 0 bridgehead atoms. The Hall–Kier alpha value is -1.13. The highest BCUT2D eigenvalue weighted by atomic mass is 16.3. The van der Waals surface area contributed by atoms with Crippen molar-refractivity contribution in [3.8, 4) is 0 Å². The molecule has 1 atom stereocenters.